The summed E-state index contributed by atoms with van der Waals surface area (Å²) in [4.78, 5) is 26.8. The molecule has 25 atom stereocenters. The molecule has 0 spiro atoms. The zero-order chi connectivity index (χ0) is 80.4. The van der Waals surface area contributed by atoms with Crippen molar-refractivity contribution in [2.45, 2.75) is 193 Å². The van der Waals surface area contributed by atoms with E-state index in [1.807, 2.05) is 0 Å². The fourth-order valence-electron chi connectivity index (χ4n) is 10.7. The van der Waals surface area contributed by atoms with Crippen molar-refractivity contribution in [2.24, 2.45) is 0 Å². The van der Waals surface area contributed by atoms with Crippen molar-refractivity contribution in [3.8, 4) is 0 Å². The molecule has 0 aromatic heterocycles. The Balaban J connectivity index is -0.00000220. The predicted molar refractivity (Wildman–Crippen MR) is 296 cm³/mol. The smallest absolute Gasteiger partial charge is 0.726 e. The fourth-order valence-corrected chi connectivity index (χ4v) is 14.5. The molecule has 5 rings (SSSR count). The summed E-state index contributed by atoms with van der Waals surface area (Å²) in [6, 6.07) is 0. The topological polar surface area (TPSA) is 817 Å². The average Bonchev–Trinajstić information content (AvgIpc) is 0.752. The monoisotopic (exact) mass is 1990 g/mol. The number of carbonyl (C=O) groups is 2. The van der Waals surface area contributed by atoms with Gasteiger partial charge in [0.2, 0.25) is 93.6 Å². The van der Waals surface area contributed by atoms with E-state index < -0.39 is 292 Å². The molecule has 0 N–H and O–H groups in total. The van der Waals surface area contributed by atoms with Crippen molar-refractivity contribution >= 4 is 106 Å². The van der Waals surface area contributed by atoms with Gasteiger partial charge in [0.05, 0.1) is 31.8 Å². The first-order valence-electron chi connectivity index (χ1n) is 28.8. The van der Waals surface area contributed by atoms with Crippen molar-refractivity contribution < 1.29 is 570 Å². The summed E-state index contributed by atoms with van der Waals surface area (Å²) in [6.07, 6.45) is -72.1. The molecular formula is C42H61Na11O55S9. The van der Waals surface area contributed by atoms with Crippen LogP contribution in [-0.2, 0) is 212 Å². The molecule has 0 unspecified atom stereocenters. The molecule has 117 heavy (non-hydrogen) atoms. The Hall–Kier alpha value is 8.17. The van der Waals surface area contributed by atoms with E-state index in [0.29, 0.717) is 14.2 Å². The van der Waals surface area contributed by atoms with Gasteiger partial charge >= 0.3 is 325 Å². The number of hydrogen-bond acceptors (Lipinski definition) is 55. The normalized spacial score (nSPS) is 31.7. The summed E-state index contributed by atoms with van der Waals surface area (Å²) >= 11 is 0. The summed E-state index contributed by atoms with van der Waals surface area (Å²) in [7, 11) is -54.2. The molecule has 0 radical (unpaired) electrons. The first-order chi connectivity index (χ1) is 48.5. The number of carboxylic acids is 2. The number of methoxy groups -OCH3 is 4. The van der Waals surface area contributed by atoms with E-state index in [0.717, 1.165) is 14.2 Å². The van der Waals surface area contributed by atoms with Gasteiger partial charge in [0.15, 0.2) is 55.9 Å². The van der Waals surface area contributed by atoms with Crippen LogP contribution in [0.3, 0.4) is 0 Å². The van der Waals surface area contributed by atoms with E-state index in [4.69, 9.17) is 71.1 Å². The van der Waals surface area contributed by atoms with E-state index >= 15 is 0 Å². The second-order valence-electron chi connectivity index (χ2n) is 21.6. The first kappa shape index (κ1) is 138. The van der Waals surface area contributed by atoms with Crippen LogP contribution in [0.4, 0.5) is 0 Å². The molecule has 0 aromatic rings. The van der Waals surface area contributed by atoms with Gasteiger partial charge in [-0.2, -0.15) is 0 Å². The van der Waals surface area contributed by atoms with Crippen LogP contribution >= 0.6 is 0 Å². The third kappa shape index (κ3) is 47.2. The van der Waals surface area contributed by atoms with E-state index in [1.54, 1.807) is 0 Å². The largest absolute Gasteiger partial charge is 1.00 e. The number of aliphatic carboxylic acids is 2. The molecule has 5 heterocycles. The standard InChI is InChI=1S/C42H72O55S9.11Na/c1-7-9-11-78-24-26(89-40-32(94-103(62,63)64)22(75-4)19(74-3)16(84-40)13-80-98(47,48)49)30(37(45)46)90-39(31(24)79-12-10-8-2)86-21-18(15-82-100(53,54)55)85-41(35(97-106(71,72)73)28(21)93-102(59,60)61)88-25-23(76-5)33(95-104(65,66)67)42(91-29(25)36(43)44)87-20-17(14-81-99(50,51)52)83-38(77-6)34(96-105(68,69)70)27(20)92-101(56,57)58;;;;;;;;;;;/h16-35,38-42H,7-15H2,1-6H3,(H,43,44)(H,45,46)(H,47,48,49)(H,50,51,52)(H,53,54,55)(H,56,57,58)(H,59,60,61)(H,62,63,64)(H,65,66,67)(H,68,69,70)(H,71,72,73);;;;;;;;;;;/q;11*+1/p-11/t16-,17-,18-,19-,20-,21-,22+,23+,24+,25+,26+,27+,28+,29-,30+,31-,32-,33-,34-,35-,38+,39-,40+,41+,42-;;;;;;;;;;;/m1.........../s1. The van der Waals surface area contributed by atoms with Crippen LogP contribution in [0.1, 0.15) is 39.5 Å². The Kier molecular flexibility index (Phi) is 71.7. The van der Waals surface area contributed by atoms with E-state index in [-0.39, 0.29) is 351 Å². The fraction of sp³-hybridized carbons (Fsp3) is 0.952. The Morgan fingerprint density at radius 1 is 0.274 bits per heavy atom. The zero-order valence-electron chi connectivity index (χ0n) is 64.9. The molecule has 0 amide bonds. The molecule has 5 aliphatic rings. The molecule has 0 aliphatic carbocycles. The molecule has 624 valence electrons. The second kappa shape index (κ2) is 60.7. The number of rotatable bonds is 43. The number of unbranched alkanes of at least 4 members (excludes halogenated alkanes) is 2. The van der Waals surface area contributed by atoms with Crippen molar-refractivity contribution in [3.05, 3.63) is 0 Å². The second-order valence-corrected chi connectivity index (χ2v) is 30.8. The van der Waals surface area contributed by atoms with Crippen LogP contribution in [0.2, 0.25) is 0 Å². The van der Waals surface area contributed by atoms with Crippen LogP contribution in [0.25, 0.3) is 0 Å². The van der Waals surface area contributed by atoms with E-state index in [1.165, 1.54) is 13.8 Å². The Labute approximate surface area is 914 Å². The molecule has 0 bridgehead atoms. The average molecular weight is 1990 g/mol. The molecule has 5 aliphatic heterocycles. The van der Waals surface area contributed by atoms with Crippen LogP contribution < -0.4 is 335 Å². The minimum absolute atomic E-state index is 0. The van der Waals surface area contributed by atoms with Crippen molar-refractivity contribution in [1.82, 2.24) is 0 Å². The van der Waals surface area contributed by atoms with Crippen molar-refractivity contribution in [2.75, 3.05) is 61.5 Å². The van der Waals surface area contributed by atoms with Crippen LogP contribution in [0, 0.1) is 0 Å². The van der Waals surface area contributed by atoms with Gasteiger partial charge in [-0.25, -0.2) is 75.8 Å². The minimum Gasteiger partial charge on any atom is -0.726 e. The van der Waals surface area contributed by atoms with Gasteiger partial charge in [0, 0.05) is 41.7 Å². The van der Waals surface area contributed by atoms with Gasteiger partial charge in [0.1, 0.15) is 97.7 Å². The van der Waals surface area contributed by atoms with Crippen LogP contribution in [-0.4, -0.2) is 344 Å². The Morgan fingerprint density at radius 3 is 0.778 bits per heavy atom. The summed E-state index contributed by atoms with van der Waals surface area (Å²) in [6.45, 7) is -3.52. The summed E-state index contributed by atoms with van der Waals surface area (Å²) in [5, 5.41) is 26.8. The van der Waals surface area contributed by atoms with Crippen LogP contribution in [0.5, 0.6) is 0 Å². The quantitative estimate of drug-likeness (QED) is 0.0237. The van der Waals surface area contributed by atoms with Gasteiger partial charge in [-0.15, -0.1) is 0 Å². The van der Waals surface area contributed by atoms with Crippen molar-refractivity contribution in [3.63, 3.8) is 0 Å². The van der Waals surface area contributed by atoms with Gasteiger partial charge < -0.3 is 132 Å². The predicted octanol–water partition coefficient (Wildman–Crippen LogP) is -45.7. The molecule has 0 saturated carbocycles. The summed E-state index contributed by atoms with van der Waals surface area (Å²) in [5.41, 5.74) is 0. The Bertz CT molecular complexity index is 4030. The molecule has 5 saturated heterocycles. The molecule has 55 nitrogen and oxygen atoms in total. The molecular weight excluding hydrogens is 1930 g/mol. The summed E-state index contributed by atoms with van der Waals surface area (Å²) in [5.74, 6) is -5.36. The molecule has 0 aromatic carbocycles. The number of carboxylic acid groups (broad SMARTS) is 2. The first-order valence-corrected chi connectivity index (χ1v) is 40.8. The van der Waals surface area contributed by atoms with Gasteiger partial charge in [-0.3, -0.25) is 37.6 Å². The molecule has 75 heteroatoms. The Morgan fingerprint density at radius 2 is 0.504 bits per heavy atom. The number of carbonyl (C=O) groups excluding carboxylic acids is 2. The van der Waals surface area contributed by atoms with Crippen molar-refractivity contribution in [1.29, 1.82) is 0 Å². The number of hydrogen-bond donors (Lipinski definition) is 0. The van der Waals surface area contributed by atoms with Gasteiger partial charge in [-0.1, -0.05) is 26.7 Å². The summed E-state index contributed by atoms with van der Waals surface area (Å²) < 4.78 is 453. The SMILES string of the molecule is CCCCO[C@@H]1[C@@H](OCCCC)[C@H](O[C@H]2[C@H](OS(=O)(=O)[O-])[C@@H](OS(=O)(=O)[O-])[C@H](O[C@H]3[C@H](OC)[C@@H](OS(=O)(=O)[O-])[C@H](O[C@H]4[C@H](OS(=O)(=O)[O-])[C@@H](OS(=O)(=O)[O-])[C@@H](OC)O[C@@H]4COS(=O)(=O)[O-])O[C@H]3C(=O)[O-])O[C@@H]2COS(=O)(=O)[O-])O[C@H](C(=O)[O-])[C@H]1O[C@@H]1O[C@H](COS(=O)(=O)[O-])[C@@H](OC)[C@H](OC)[C@H]1OS(=O)(=O)[O-].[Na+].[Na+].[Na+].[Na+].[Na+].[Na+].[Na+].[Na+].[Na+].[Na+].[Na+]. The third-order valence-corrected chi connectivity index (χ3v) is 18.6. The van der Waals surface area contributed by atoms with Gasteiger partial charge in [0.25, 0.3) is 0 Å². The van der Waals surface area contributed by atoms with Crippen LogP contribution in [0.15, 0.2) is 0 Å². The maximum Gasteiger partial charge on any atom is 1.00 e. The molecule has 5 fully saturated rings. The zero-order valence-corrected chi connectivity index (χ0v) is 94.3. The maximum atomic E-state index is 13.5. The van der Waals surface area contributed by atoms with E-state index in [2.05, 4.69) is 37.6 Å². The number of ether oxygens (including phenoxy) is 15. The van der Waals surface area contributed by atoms with E-state index in [9.17, 15) is 137 Å². The minimum atomic E-state index is -6.73. The third-order valence-electron chi connectivity index (χ3n) is 14.6. The van der Waals surface area contributed by atoms with Gasteiger partial charge in [-0.05, 0) is 12.8 Å². The maximum absolute atomic E-state index is 13.5.